The Morgan fingerprint density at radius 3 is 1.94 bits per heavy atom. The van der Waals surface area contributed by atoms with E-state index in [2.05, 4.69) is 37.9 Å². The molecule has 98 valence electrons. The maximum atomic E-state index is 5.22. The number of nitrogens with one attached hydrogen (secondary N) is 1. The fourth-order valence-electron chi connectivity index (χ4n) is 1.95. The van der Waals surface area contributed by atoms with E-state index in [1.54, 1.807) is 14.2 Å². The van der Waals surface area contributed by atoms with Gasteiger partial charge in [-0.2, -0.15) is 0 Å². The standard InChI is InChI=1S/C12H28N2O2/c1-7-14(8-2)9-10(3)13-11(4)12(15-5)16-6/h10-13H,7-9H2,1-6H3. The van der Waals surface area contributed by atoms with Crippen LogP contribution in [0.4, 0.5) is 0 Å². The van der Waals surface area contributed by atoms with Crippen molar-refractivity contribution in [3.63, 3.8) is 0 Å². The molecule has 0 aliphatic rings. The zero-order valence-electron chi connectivity index (χ0n) is 11.6. The Kier molecular flexibility index (Phi) is 8.84. The predicted molar refractivity (Wildman–Crippen MR) is 67.7 cm³/mol. The zero-order valence-corrected chi connectivity index (χ0v) is 11.6. The number of rotatable bonds is 9. The van der Waals surface area contributed by atoms with E-state index < -0.39 is 0 Å². The Morgan fingerprint density at radius 1 is 1.06 bits per heavy atom. The topological polar surface area (TPSA) is 33.7 Å². The highest BCUT2D eigenvalue weighted by atomic mass is 16.7. The summed E-state index contributed by atoms with van der Waals surface area (Å²) in [5.74, 6) is 0. The molecule has 0 saturated heterocycles. The van der Waals surface area contributed by atoms with Gasteiger partial charge >= 0.3 is 0 Å². The number of hydrogen-bond donors (Lipinski definition) is 1. The van der Waals surface area contributed by atoms with Crippen LogP contribution in [-0.2, 0) is 9.47 Å². The quantitative estimate of drug-likeness (QED) is 0.608. The number of nitrogens with zero attached hydrogens (tertiary/aromatic N) is 1. The molecule has 0 aromatic carbocycles. The summed E-state index contributed by atoms with van der Waals surface area (Å²) in [6, 6.07) is 0.628. The van der Waals surface area contributed by atoms with Crippen LogP contribution in [-0.4, -0.2) is 57.1 Å². The van der Waals surface area contributed by atoms with Gasteiger partial charge in [0.25, 0.3) is 0 Å². The van der Waals surface area contributed by atoms with Crippen LogP contribution in [0.2, 0.25) is 0 Å². The van der Waals surface area contributed by atoms with Crippen LogP contribution in [0.5, 0.6) is 0 Å². The first-order chi connectivity index (χ1) is 7.58. The smallest absolute Gasteiger partial charge is 0.171 e. The molecule has 0 heterocycles. The van der Waals surface area contributed by atoms with E-state index in [9.17, 15) is 0 Å². The molecule has 2 atom stereocenters. The molecule has 0 bridgehead atoms. The number of methoxy groups -OCH3 is 2. The molecule has 0 spiro atoms. The normalized spacial score (nSPS) is 15.8. The maximum Gasteiger partial charge on any atom is 0.171 e. The monoisotopic (exact) mass is 232 g/mol. The van der Waals surface area contributed by atoms with Crippen molar-refractivity contribution in [2.45, 2.75) is 46.1 Å². The fraction of sp³-hybridized carbons (Fsp3) is 1.00. The molecule has 0 radical (unpaired) electrons. The molecular weight excluding hydrogens is 204 g/mol. The van der Waals surface area contributed by atoms with E-state index in [1.807, 2.05) is 0 Å². The average Bonchev–Trinajstić information content (AvgIpc) is 2.27. The van der Waals surface area contributed by atoms with E-state index in [0.717, 1.165) is 19.6 Å². The third kappa shape index (κ3) is 5.80. The van der Waals surface area contributed by atoms with Crippen LogP contribution in [0.15, 0.2) is 0 Å². The fourth-order valence-corrected chi connectivity index (χ4v) is 1.95. The molecule has 0 amide bonds. The molecule has 0 aromatic rings. The number of hydrogen-bond acceptors (Lipinski definition) is 4. The molecule has 0 aliphatic carbocycles. The summed E-state index contributed by atoms with van der Waals surface area (Å²) in [6.45, 7) is 11.9. The second-order valence-corrected chi connectivity index (χ2v) is 4.18. The van der Waals surface area contributed by atoms with Crippen LogP contribution in [0.1, 0.15) is 27.7 Å². The maximum absolute atomic E-state index is 5.22. The van der Waals surface area contributed by atoms with E-state index in [0.29, 0.717) is 6.04 Å². The molecule has 0 aliphatic heterocycles. The Balaban J connectivity index is 3.97. The summed E-state index contributed by atoms with van der Waals surface area (Å²) in [4.78, 5) is 2.40. The molecule has 0 saturated carbocycles. The van der Waals surface area contributed by atoms with Crippen LogP contribution >= 0.6 is 0 Å². The van der Waals surface area contributed by atoms with Gasteiger partial charge < -0.3 is 19.7 Å². The van der Waals surface area contributed by atoms with Crippen molar-refractivity contribution in [3.05, 3.63) is 0 Å². The lowest BCUT2D eigenvalue weighted by atomic mass is 10.2. The minimum Gasteiger partial charge on any atom is -0.354 e. The third-order valence-corrected chi connectivity index (χ3v) is 2.85. The number of likely N-dealkylation sites (N-methyl/N-ethyl adjacent to an activating group) is 1. The van der Waals surface area contributed by atoms with E-state index in [4.69, 9.17) is 9.47 Å². The second kappa shape index (κ2) is 8.93. The van der Waals surface area contributed by atoms with Gasteiger partial charge in [0.05, 0.1) is 6.04 Å². The Labute approximate surface area is 100 Å². The third-order valence-electron chi connectivity index (χ3n) is 2.85. The lowest BCUT2D eigenvalue weighted by Gasteiger charge is -2.29. The lowest BCUT2D eigenvalue weighted by Crippen LogP contribution is -2.48. The summed E-state index contributed by atoms with van der Waals surface area (Å²) in [7, 11) is 3.34. The summed E-state index contributed by atoms with van der Waals surface area (Å²) in [5, 5.41) is 3.49. The molecule has 16 heavy (non-hydrogen) atoms. The Morgan fingerprint density at radius 2 is 1.56 bits per heavy atom. The summed E-state index contributed by atoms with van der Waals surface area (Å²) in [6.07, 6.45) is -0.181. The average molecular weight is 232 g/mol. The first kappa shape index (κ1) is 15.8. The first-order valence-electron chi connectivity index (χ1n) is 6.12. The van der Waals surface area contributed by atoms with Crippen molar-refractivity contribution < 1.29 is 9.47 Å². The zero-order chi connectivity index (χ0) is 12.6. The van der Waals surface area contributed by atoms with Gasteiger partial charge in [-0.1, -0.05) is 13.8 Å². The van der Waals surface area contributed by atoms with Crippen LogP contribution in [0, 0.1) is 0 Å². The minimum atomic E-state index is -0.181. The van der Waals surface area contributed by atoms with Gasteiger partial charge in [0.1, 0.15) is 0 Å². The highest BCUT2D eigenvalue weighted by molar-refractivity contribution is 4.73. The summed E-state index contributed by atoms with van der Waals surface area (Å²) < 4.78 is 10.4. The summed E-state index contributed by atoms with van der Waals surface area (Å²) in [5.41, 5.74) is 0. The second-order valence-electron chi connectivity index (χ2n) is 4.18. The molecular formula is C12H28N2O2. The van der Waals surface area contributed by atoms with Crippen LogP contribution in [0.25, 0.3) is 0 Å². The van der Waals surface area contributed by atoms with Gasteiger partial charge in [0.15, 0.2) is 6.29 Å². The van der Waals surface area contributed by atoms with Crippen molar-refractivity contribution >= 4 is 0 Å². The van der Waals surface area contributed by atoms with Crippen molar-refractivity contribution in [1.29, 1.82) is 0 Å². The summed E-state index contributed by atoms with van der Waals surface area (Å²) >= 11 is 0. The molecule has 2 unspecified atom stereocenters. The minimum absolute atomic E-state index is 0.181. The predicted octanol–water partition coefficient (Wildman–Crippen LogP) is 1.31. The molecule has 0 fully saturated rings. The molecule has 4 heteroatoms. The largest absolute Gasteiger partial charge is 0.354 e. The molecule has 0 aromatic heterocycles. The van der Waals surface area contributed by atoms with Crippen LogP contribution in [0.3, 0.4) is 0 Å². The lowest BCUT2D eigenvalue weighted by molar-refractivity contribution is -0.121. The van der Waals surface area contributed by atoms with Gasteiger partial charge in [-0.05, 0) is 26.9 Å². The highest BCUT2D eigenvalue weighted by Crippen LogP contribution is 2.01. The van der Waals surface area contributed by atoms with E-state index in [1.165, 1.54) is 0 Å². The Bertz CT molecular complexity index is 159. The van der Waals surface area contributed by atoms with E-state index in [-0.39, 0.29) is 12.3 Å². The van der Waals surface area contributed by atoms with Crippen molar-refractivity contribution in [1.82, 2.24) is 10.2 Å². The van der Waals surface area contributed by atoms with Crippen molar-refractivity contribution in [2.75, 3.05) is 33.9 Å². The molecule has 1 N–H and O–H groups in total. The van der Waals surface area contributed by atoms with Crippen molar-refractivity contribution in [3.8, 4) is 0 Å². The van der Waals surface area contributed by atoms with Gasteiger partial charge in [-0.15, -0.1) is 0 Å². The van der Waals surface area contributed by atoms with E-state index >= 15 is 0 Å². The number of ether oxygens (including phenoxy) is 2. The van der Waals surface area contributed by atoms with Gasteiger partial charge in [-0.25, -0.2) is 0 Å². The van der Waals surface area contributed by atoms with Crippen molar-refractivity contribution in [2.24, 2.45) is 0 Å². The van der Waals surface area contributed by atoms with Gasteiger partial charge in [0.2, 0.25) is 0 Å². The highest BCUT2D eigenvalue weighted by Gasteiger charge is 2.18. The molecule has 4 nitrogen and oxygen atoms in total. The van der Waals surface area contributed by atoms with Gasteiger partial charge in [-0.3, -0.25) is 0 Å². The molecule has 0 rings (SSSR count). The SMILES string of the molecule is CCN(CC)CC(C)NC(C)C(OC)OC. The Hall–Kier alpha value is -0.160. The van der Waals surface area contributed by atoms with Crippen LogP contribution < -0.4 is 5.32 Å². The van der Waals surface area contributed by atoms with Gasteiger partial charge in [0, 0.05) is 26.8 Å². The first-order valence-corrected chi connectivity index (χ1v) is 6.12.